The molecular formula is C14H22BNO4S. The van der Waals surface area contributed by atoms with E-state index >= 15 is 0 Å². The molecule has 2 rings (SSSR count). The molecule has 0 aromatic heterocycles. The molecule has 7 heteroatoms. The zero-order valence-corrected chi connectivity index (χ0v) is 14.2. The third kappa shape index (κ3) is 2.88. The molecule has 1 aliphatic heterocycles. The van der Waals surface area contributed by atoms with Gasteiger partial charge in [0.2, 0.25) is 10.0 Å². The van der Waals surface area contributed by atoms with Crippen LogP contribution in [0.3, 0.4) is 0 Å². The fourth-order valence-corrected chi connectivity index (χ4v) is 2.89. The maximum Gasteiger partial charge on any atom is 0.495 e. The first-order valence-electron chi connectivity index (χ1n) is 6.90. The van der Waals surface area contributed by atoms with Crippen molar-refractivity contribution in [3.63, 3.8) is 0 Å². The van der Waals surface area contributed by atoms with Crippen molar-refractivity contribution < 1.29 is 17.7 Å². The third-order valence-electron chi connectivity index (χ3n) is 4.34. The molecule has 0 spiro atoms. The lowest BCUT2D eigenvalue weighted by Crippen LogP contribution is -2.41. The van der Waals surface area contributed by atoms with E-state index in [9.17, 15) is 8.42 Å². The van der Waals surface area contributed by atoms with Gasteiger partial charge < -0.3 is 9.31 Å². The second-order valence-corrected chi connectivity index (χ2v) is 8.20. The van der Waals surface area contributed by atoms with E-state index in [-0.39, 0.29) is 4.90 Å². The van der Waals surface area contributed by atoms with Crippen molar-refractivity contribution in [3.8, 4) is 0 Å². The van der Waals surface area contributed by atoms with E-state index in [0.29, 0.717) is 0 Å². The van der Waals surface area contributed by atoms with Crippen LogP contribution >= 0.6 is 0 Å². The SMILES string of the molecule is CNS(=O)(=O)c1ccc(C)c(B2OC(C)(C)C(C)(C)O2)c1. The molecule has 0 saturated carbocycles. The van der Waals surface area contributed by atoms with Crippen molar-refractivity contribution in [2.45, 2.75) is 50.7 Å². The number of nitrogens with one attached hydrogen (secondary N) is 1. The predicted octanol–water partition coefficient (Wildman–Crippen LogP) is 1.20. The number of rotatable bonds is 3. The average Bonchev–Trinajstić information content (AvgIpc) is 2.58. The summed E-state index contributed by atoms with van der Waals surface area (Å²) in [5.41, 5.74) is 0.762. The van der Waals surface area contributed by atoms with Gasteiger partial charge in [0.15, 0.2) is 0 Å². The monoisotopic (exact) mass is 311 g/mol. The highest BCUT2D eigenvalue weighted by molar-refractivity contribution is 7.89. The van der Waals surface area contributed by atoms with Gasteiger partial charge in [-0.05, 0) is 59.3 Å². The number of hydrogen-bond acceptors (Lipinski definition) is 4. The molecule has 5 nitrogen and oxygen atoms in total. The summed E-state index contributed by atoms with van der Waals surface area (Å²) in [4.78, 5) is 0.209. The summed E-state index contributed by atoms with van der Waals surface area (Å²) in [6.07, 6.45) is 0. The molecule has 1 saturated heterocycles. The van der Waals surface area contributed by atoms with Gasteiger partial charge in [-0.2, -0.15) is 0 Å². The van der Waals surface area contributed by atoms with Crippen molar-refractivity contribution in [1.29, 1.82) is 0 Å². The van der Waals surface area contributed by atoms with Gasteiger partial charge in [0.05, 0.1) is 16.1 Å². The van der Waals surface area contributed by atoms with E-state index in [2.05, 4.69) is 4.72 Å². The molecule has 1 aromatic carbocycles. The predicted molar refractivity (Wildman–Crippen MR) is 83.1 cm³/mol. The quantitative estimate of drug-likeness (QED) is 0.852. The van der Waals surface area contributed by atoms with E-state index in [1.54, 1.807) is 18.2 Å². The summed E-state index contributed by atoms with van der Waals surface area (Å²) in [7, 11) is -2.66. The molecule has 1 heterocycles. The van der Waals surface area contributed by atoms with E-state index in [1.165, 1.54) is 7.05 Å². The van der Waals surface area contributed by atoms with Crippen LogP contribution in [0.15, 0.2) is 23.1 Å². The highest BCUT2D eigenvalue weighted by Crippen LogP contribution is 2.36. The van der Waals surface area contributed by atoms with E-state index < -0.39 is 28.3 Å². The van der Waals surface area contributed by atoms with E-state index in [1.807, 2.05) is 34.6 Å². The van der Waals surface area contributed by atoms with Crippen molar-refractivity contribution >= 4 is 22.6 Å². The topological polar surface area (TPSA) is 64.6 Å². The fraction of sp³-hybridized carbons (Fsp3) is 0.571. The molecule has 1 aromatic rings. The smallest absolute Gasteiger partial charge is 0.399 e. The minimum Gasteiger partial charge on any atom is -0.399 e. The van der Waals surface area contributed by atoms with Crippen molar-refractivity contribution in [2.75, 3.05) is 7.05 Å². The summed E-state index contributed by atoms with van der Waals surface area (Å²) < 4.78 is 38.2. The minimum absolute atomic E-state index is 0.209. The van der Waals surface area contributed by atoms with Crippen LogP contribution in [0.2, 0.25) is 0 Å². The normalized spacial score (nSPS) is 20.8. The Bertz CT molecular complexity index is 639. The molecule has 1 N–H and O–H groups in total. The van der Waals surface area contributed by atoms with Gasteiger partial charge in [0.1, 0.15) is 0 Å². The largest absolute Gasteiger partial charge is 0.495 e. The van der Waals surface area contributed by atoms with Gasteiger partial charge in [-0.15, -0.1) is 0 Å². The summed E-state index contributed by atoms with van der Waals surface area (Å²) in [5.74, 6) is 0. The van der Waals surface area contributed by atoms with Crippen LogP contribution in [0.4, 0.5) is 0 Å². The summed E-state index contributed by atoms with van der Waals surface area (Å²) in [6, 6.07) is 4.96. The van der Waals surface area contributed by atoms with Gasteiger partial charge in [-0.25, -0.2) is 13.1 Å². The number of hydrogen-bond donors (Lipinski definition) is 1. The zero-order chi connectivity index (χ0) is 16.1. The lowest BCUT2D eigenvalue weighted by Gasteiger charge is -2.32. The van der Waals surface area contributed by atoms with Crippen LogP contribution in [0.25, 0.3) is 0 Å². The Morgan fingerprint density at radius 3 is 2.10 bits per heavy atom. The molecule has 0 radical (unpaired) electrons. The lowest BCUT2D eigenvalue weighted by molar-refractivity contribution is 0.00578. The van der Waals surface area contributed by atoms with Crippen LogP contribution in [0.5, 0.6) is 0 Å². The van der Waals surface area contributed by atoms with Gasteiger partial charge in [-0.3, -0.25) is 0 Å². The Labute approximate surface area is 127 Å². The third-order valence-corrected chi connectivity index (χ3v) is 5.75. The van der Waals surface area contributed by atoms with Crippen LogP contribution in [-0.4, -0.2) is 33.8 Å². The maximum absolute atomic E-state index is 11.9. The van der Waals surface area contributed by atoms with Crippen molar-refractivity contribution in [3.05, 3.63) is 23.8 Å². The standard InChI is InChI=1S/C14H22BNO4S/c1-10-7-8-11(21(17,18)16-6)9-12(10)15-19-13(2,3)14(4,5)20-15/h7-9,16H,1-6H3. The molecule has 0 atom stereocenters. The van der Waals surface area contributed by atoms with Crippen LogP contribution in [-0.2, 0) is 19.3 Å². The summed E-state index contributed by atoms with van der Waals surface area (Å²) in [6.45, 7) is 9.79. The van der Waals surface area contributed by atoms with Crippen LogP contribution in [0, 0.1) is 6.92 Å². The van der Waals surface area contributed by atoms with Gasteiger partial charge in [0, 0.05) is 0 Å². The number of aryl methyl sites for hydroxylation is 1. The maximum atomic E-state index is 11.9. The van der Waals surface area contributed by atoms with Crippen molar-refractivity contribution in [1.82, 2.24) is 4.72 Å². The van der Waals surface area contributed by atoms with Gasteiger partial charge >= 0.3 is 7.12 Å². The van der Waals surface area contributed by atoms with E-state index in [4.69, 9.17) is 9.31 Å². The van der Waals surface area contributed by atoms with Crippen molar-refractivity contribution in [2.24, 2.45) is 0 Å². The molecule has 0 amide bonds. The van der Waals surface area contributed by atoms with Crippen LogP contribution in [0.1, 0.15) is 33.3 Å². The Hall–Kier alpha value is -0.885. The molecule has 0 aliphatic carbocycles. The first kappa shape index (κ1) is 16.5. The molecule has 1 aliphatic rings. The molecule has 0 unspecified atom stereocenters. The lowest BCUT2D eigenvalue weighted by atomic mass is 9.76. The molecule has 1 fully saturated rings. The Morgan fingerprint density at radius 1 is 1.10 bits per heavy atom. The molecule has 116 valence electrons. The molecular weight excluding hydrogens is 289 g/mol. The van der Waals surface area contributed by atoms with Gasteiger partial charge in [-0.1, -0.05) is 11.6 Å². The van der Waals surface area contributed by atoms with Crippen LogP contribution < -0.4 is 10.2 Å². The summed E-state index contributed by atoms with van der Waals surface area (Å²) in [5, 5.41) is 0. The first-order chi connectivity index (χ1) is 9.50. The summed E-state index contributed by atoms with van der Waals surface area (Å²) >= 11 is 0. The Kier molecular flexibility index (Phi) is 3.99. The average molecular weight is 311 g/mol. The second kappa shape index (κ2) is 5.09. The number of sulfonamides is 1. The molecule has 21 heavy (non-hydrogen) atoms. The minimum atomic E-state index is -3.49. The number of benzene rings is 1. The van der Waals surface area contributed by atoms with E-state index in [0.717, 1.165) is 11.0 Å². The first-order valence-corrected chi connectivity index (χ1v) is 8.38. The zero-order valence-electron chi connectivity index (χ0n) is 13.4. The second-order valence-electron chi connectivity index (χ2n) is 6.31. The van der Waals surface area contributed by atoms with Gasteiger partial charge in [0.25, 0.3) is 0 Å². The Balaban J connectivity index is 2.45. The highest BCUT2D eigenvalue weighted by atomic mass is 32.2. The fourth-order valence-electron chi connectivity index (χ4n) is 2.13. The highest BCUT2D eigenvalue weighted by Gasteiger charge is 2.52. The molecule has 0 bridgehead atoms. The Morgan fingerprint density at radius 2 is 1.62 bits per heavy atom.